The first-order chi connectivity index (χ1) is 17.6. The fourth-order valence-corrected chi connectivity index (χ4v) is 4.70. The molecular formula is C29H38N4O4. The number of carbonyl (C=O) groups excluding carboxylic acids is 4. The van der Waals surface area contributed by atoms with E-state index < -0.39 is 11.4 Å². The molecule has 1 heterocycles. The molecule has 4 rings (SSSR count). The van der Waals surface area contributed by atoms with Gasteiger partial charge in [-0.2, -0.15) is 0 Å². The summed E-state index contributed by atoms with van der Waals surface area (Å²) in [6.45, 7) is 6.66. The van der Waals surface area contributed by atoms with E-state index in [1.54, 1.807) is 23.1 Å². The monoisotopic (exact) mass is 506 g/mol. The van der Waals surface area contributed by atoms with Crippen molar-refractivity contribution in [3.8, 4) is 0 Å². The minimum Gasteiger partial charge on any atom is -0.366 e. The van der Waals surface area contributed by atoms with Crippen LogP contribution in [0.5, 0.6) is 0 Å². The lowest BCUT2D eigenvalue weighted by atomic mass is 9.90. The van der Waals surface area contributed by atoms with Gasteiger partial charge in [-0.05, 0) is 37.1 Å². The molecule has 8 nitrogen and oxygen atoms in total. The molecule has 2 aromatic rings. The largest absolute Gasteiger partial charge is 0.366 e. The van der Waals surface area contributed by atoms with Crippen molar-refractivity contribution >= 4 is 41.1 Å². The molecule has 2 aromatic carbocycles. The van der Waals surface area contributed by atoms with Crippen LogP contribution in [0.1, 0.15) is 69.7 Å². The zero-order valence-electron chi connectivity index (χ0n) is 22.0. The number of aldehydes is 1. The van der Waals surface area contributed by atoms with Crippen molar-refractivity contribution in [2.45, 2.75) is 65.3 Å². The molecule has 0 aromatic heterocycles. The molecule has 2 aliphatic rings. The summed E-state index contributed by atoms with van der Waals surface area (Å²) in [6, 6.07) is 14.5. The molecule has 0 unspecified atom stereocenters. The molecule has 0 saturated heterocycles. The van der Waals surface area contributed by atoms with Gasteiger partial charge in [-0.1, -0.05) is 64.3 Å². The first-order valence-corrected chi connectivity index (χ1v) is 12.9. The maximum atomic E-state index is 12.8. The summed E-state index contributed by atoms with van der Waals surface area (Å²) >= 11 is 0. The van der Waals surface area contributed by atoms with Gasteiger partial charge in [0.05, 0.1) is 17.9 Å². The third-order valence-electron chi connectivity index (χ3n) is 6.79. The number of ketones is 1. The number of anilines is 3. The zero-order chi connectivity index (χ0) is 27.0. The van der Waals surface area contributed by atoms with Crippen LogP contribution in [0.15, 0.2) is 48.5 Å². The van der Waals surface area contributed by atoms with Crippen LogP contribution in [0.2, 0.25) is 0 Å². The van der Waals surface area contributed by atoms with E-state index in [4.69, 9.17) is 5.73 Å². The number of hydrogen-bond acceptors (Lipinski definition) is 5. The standard InChI is InChI=1S/C21H30N2O2.C8H8N2O2/c1-21(2,3)19(24)15-23-18-12-8-7-11-17(18)22(14-13-20(23)25)16-9-5-4-6-10-16;9-8(12)10-7-3-1-2-6(4-7)5-11/h7-8,11-12,16H,4-6,9-10,13-15H2,1-3H3;1-5H,(H3,9,10,12). The number of rotatable bonds is 5. The summed E-state index contributed by atoms with van der Waals surface area (Å²) in [7, 11) is 0. The molecule has 1 saturated carbocycles. The third kappa shape index (κ3) is 7.65. The summed E-state index contributed by atoms with van der Waals surface area (Å²) in [4.78, 5) is 50.2. The number of amides is 3. The lowest BCUT2D eigenvalue weighted by Crippen LogP contribution is -2.39. The van der Waals surface area contributed by atoms with Crippen molar-refractivity contribution in [3.63, 3.8) is 0 Å². The minimum atomic E-state index is -0.641. The molecule has 1 fully saturated rings. The number of para-hydroxylation sites is 2. The zero-order valence-corrected chi connectivity index (χ0v) is 22.0. The first kappa shape index (κ1) is 27.9. The van der Waals surface area contributed by atoms with Crippen molar-refractivity contribution in [2.24, 2.45) is 11.1 Å². The van der Waals surface area contributed by atoms with Gasteiger partial charge in [-0.3, -0.25) is 14.4 Å². The fraction of sp³-hybridized carbons (Fsp3) is 0.448. The van der Waals surface area contributed by atoms with Crippen LogP contribution >= 0.6 is 0 Å². The Kier molecular flexibility index (Phi) is 9.44. The number of urea groups is 1. The Morgan fingerprint density at radius 3 is 2.32 bits per heavy atom. The first-order valence-electron chi connectivity index (χ1n) is 12.9. The number of nitrogens with one attached hydrogen (secondary N) is 1. The number of hydrogen-bond donors (Lipinski definition) is 2. The van der Waals surface area contributed by atoms with Crippen molar-refractivity contribution in [3.05, 3.63) is 54.1 Å². The van der Waals surface area contributed by atoms with Crippen LogP contribution in [-0.2, 0) is 9.59 Å². The second-order valence-electron chi connectivity index (χ2n) is 10.6. The van der Waals surface area contributed by atoms with E-state index in [9.17, 15) is 19.2 Å². The number of nitrogens with zero attached hydrogens (tertiary/aromatic N) is 2. The van der Waals surface area contributed by atoms with Crippen molar-refractivity contribution < 1.29 is 19.2 Å². The van der Waals surface area contributed by atoms with Gasteiger partial charge >= 0.3 is 6.03 Å². The predicted molar refractivity (Wildman–Crippen MR) is 147 cm³/mol. The van der Waals surface area contributed by atoms with Crippen LogP contribution in [0.3, 0.4) is 0 Å². The Bertz CT molecular complexity index is 1120. The SMILES string of the molecule is CC(C)(C)C(=O)CN1C(=O)CCN(C2CCCCC2)c2ccccc21.NC(=O)Nc1cccc(C=O)c1. The van der Waals surface area contributed by atoms with E-state index in [0.29, 0.717) is 30.0 Å². The van der Waals surface area contributed by atoms with E-state index >= 15 is 0 Å². The number of Topliss-reactive ketones (excluding diaryl/α,β-unsaturated/α-hetero) is 1. The van der Waals surface area contributed by atoms with Gasteiger partial charge < -0.3 is 20.9 Å². The summed E-state index contributed by atoms with van der Waals surface area (Å²) < 4.78 is 0. The third-order valence-corrected chi connectivity index (χ3v) is 6.79. The minimum absolute atomic E-state index is 0.0587. The van der Waals surface area contributed by atoms with Crippen LogP contribution in [0.25, 0.3) is 0 Å². The average Bonchev–Trinajstić information content (AvgIpc) is 3.01. The maximum Gasteiger partial charge on any atom is 0.316 e. The molecule has 0 bridgehead atoms. The van der Waals surface area contributed by atoms with E-state index in [1.165, 1.54) is 38.2 Å². The number of benzene rings is 2. The molecule has 3 amide bonds. The Morgan fingerprint density at radius 2 is 1.70 bits per heavy atom. The summed E-state index contributed by atoms with van der Waals surface area (Å²) in [5, 5.41) is 2.36. The lowest BCUT2D eigenvalue weighted by Gasteiger charge is -2.36. The van der Waals surface area contributed by atoms with Gasteiger partial charge in [0.25, 0.3) is 0 Å². The summed E-state index contributed by atoms with van der Waals surface area (Å²) in [5.41, 5.74) is 7.47. The molecule has 198 valence electrons. The van der Waals surface area contributed by atoms with E-state index in [0.717, 1.165) is 17.9 Å². The van der Waals surface area contributed by atoms with Gasteiger partial charge in [-0.25, -0.2) is 4.79 Å². The summed E-state index contributed by atoms with van der Waals surface area (Å²) in [6.07, 6.45) is 7.42. The second-order valence-corrected chi connectivity index (χ2v) is 10.6. The molecule has 0 spiro atoms. The van der Waals surface area contributed by atoms with Gasteiger partial charge in [0.15, 0.2) is 5.78 Å². The fourth-order valence-electron chi connectivity index (χ4n) is 4.70. The molecule has 1 aliphatic carbocycles. The Hall–Kier alpha value is -3.68. The number of primary amides is 1. The molecular weight excluding hydrogens is 468 g/mol. The summed E-state index contributed by atoms with van der Waals surface area (Å²) in [5.74, 6) is 0.158. The predicted octanol–water partition coefficient (Wildman–Crippen LogP) is 5.17. The van der Waals surface area contributed by atoms with E-state index in [-0.39, 0.29) is 18.2 Å². The van der Waals surface area contributed by atoms with Crippen LogP contribution < -0.4 is 20.9 Å². The highest BCUT2D eigenvalue weighted by molar-refractivity contribution is 6.04. The Balaban J connectivity index is 0.000000266. The average molecular weight is 507 g/mol. The second kappa shape index (κ2) is 12.5. The molecule has 1 aliphatic heterocycles. The number of nitrogens with two attached hydrogens (primary N) is 1. The van der Waals surface area contributed by atoms with Crippen LogP contribution in [0.4, 0.5) is 21.9 Å². The lowest BCUT2D eigenvalue weighted by molar-refractivity contribution is -0.127. The van der Waals surface area contributed by atoms with Gasteiger partial charge in [0.1, 0.15) is 6.29 Å². The highest BCUT2D eigenvalue weighted by atomic mass is 16.2. The molecule has 0 radical (unpaired) electrons. The van der Waals surface area contributed by atoms with Crippen LogP contribution in [0, 0.1) is 5.41 Å². The van der Waals surface area contributed by atoms with Crippen molar-refractivity contribution in [1.82, 2.24) is 0 Å². The molecule has 37 heavy (non-hydrogen) atoms. The maximum absolute atomic E-state index is 12.8. The van der Waals surface area contributed by atoms with Crippen molar-refractivity contribution in [2.75, 3.05) is 28.2 Å². The topological polar surface area (TPSA) is 113 Å². The van der Waals surface area contributed by atoms with E-state index in [2.05, 4.69) is 16.3 Å². The quantitative estimate of drug-likeness (QED) is 0.544. The normalized spacial score (nSPS) is 16.1. The smallest absolute Gasteiger partial charge is 0.316 e. The van der Waals surface area contributed by atoms with Crippen molar-refractivity contribution in [1.29, 1.82) is 0 Å². The number of fused-ring (bicyclic) bond motifs is 1. The van der Waals surface area contributed by atoms with E-state index in [1.807, 2.05) is 39.0 Å². The highest BCUT2D eigenvalue weighted by Gasteiger charge is 2.33. The molecule has 0 atom stereocenters. The highest BCUT2D eigenvalue weighted by Crippen LogP contribution is 2.37. The molecule has 3 N–H and O–H groups in total. The van der Waals surface area contributed by atoms with Crippen LogP contribution in [-0.4, -0.2) is 43.1 Å². The van der Waals surface area contributed by atoms with Gasteiger partial charge in [-0.15, -0.1) is 0 Å². The number of carbonyl (C=O) groups is 4. The Labute approximate surface area is 219 Å². The molecule has 8 heteroatoms. The van der Waals surface area contributed by atoms with Gasteiger partial charge in [0.2, 0.25) is 5.91 Å². The Morgan fingerprint density at radius 1 is 1.03 bits per heavy atom. The van der Waals surface area contributed by atoms with Gasteiger partial charge in [0, 0.05) is 35.7 Å².